The Kier molecular flexibility index (Phi) is 4.83. The Hall–Kier alpha value is -2.71. The molecule has 0 spiro atoms. The van der Waals surface area contributed by atoms with Gasteiger partial charge in [0, 0.05) is 24.2 Å². The highest BCUT2D eigenvalue weighted by Crippen LogP contribution is 2.43. The van der Waals surface area contributed by atoms with Gasteiger partial charge in [-0.25, -0.2) is 9.97 Å². The lowest BCUT2D eigenvalue weighted by molar-refractivity contribution is -0.148. The van der Waals surface area contributed by atoms with E-state index in [0.29, 0.717) is 18.8 Å². The van der Waals surface area contributed by atoms with Crippen molar-refractivity contribution >= 4 is 27.5 Å². The van der Waals surface area contributed by atoms with Gasteiger partial charge in [-0.05, 0) is 54.3 Å². The first-order valence-electron chi connectivity index (χ1n) is 10.1. The monoisotopic (exact) mass is 425 g/mol. The van der Waals surface area contributed by atoms with E-state index in [2.05, 4.69) is 15.3 Å². The molecule has 0 amide bonds. The van der Waals surface area contributed by atoms with E-state index in [4.69, 9.17) is 9.47 Å². The molecule has 1 fully saturated rings. The number of ether oxygens (including phenoxy) is 2. The van der Waals surface area contributed by atoms with Crippen LogP contribution in [0.3, 0.4) is 0 Å². The van der Waals surface area contributed by atoms with Crippen LogP contribution >= 0.6 is 11.3 Å². The van der Waals surface area contributed by atoms with Crippen molar-refractivity contribution in [3.05, 3.63) is 47.2 Å². The predicted octanol–water partition coefficient (Wildman–Crippen LogP) is 3.72. The molecule has 0 saturated heterocycles. The maximum atomic E-state index is 12.4. The average molecular weight is 426 g/mol. The number of aromatic nitrogens is 2. The maximum absolute atomic E-state index is 12.4. The van der Waals surface area contributed by atoms with Crippen LogP contribution in [0.4, 0.5) is 0 Å². The van der Waals surface area contributed by atoms with E-state index < -0.39 is 11.4 Å². The van der Waals surface area contributed by atoms with E-state index in [0.717, 1.165) is 40.1 Å². The molecule has 1 aliphatic heterocycles. The first-order chi connectivity index (χ1) is 14.6. The van der Waals surface area contributed by atoms with E-state index in [1.807, 2.05) is 36.6 Å². The lowest BCUT2D eigenvalue weighted by Gasteiger charge is -2.41. The van der Waals surface area contributed by atoms with Crippen LogP contribution in [0.1, 0.15) is 37.6 Å². The van der Waals surface area contributed by atoms with E-state index in [1.165, 1.54) is 11.3 Å². The molecule has 2 aliphatic rings. The summed E-state index contributed by atoms with van der Waals surface area (Å²) in [5, 5.41) is 16.7. The van der Waals surface area contributed by atoms with Gasteiger partial charge in [0.25, 0.3) is 0 Å². The summed E-state index contributed by atoms with van der Waals surface area (Å²) in [5.74, 6) is 1.07. The third kappa shape index (κ3) is 3.20. The van der Waals surface area contributed by atoms with E-state index in [1.54, 1.807) is 6.20 Å². The zero-order valence-corrected chi connectivity index (χ0v) is 17.4. The Morgan fingerprint density at radius 1 is 1.33 bits per heavy atom. The fraction of sp³-hybridized carbons (Fsp3) is 0.409. The Bertz CT molecular complexity index is 1100. The fourth-order valence-corrected chi connectivity index (χ4v) is 5.35. The highest BCUT2D eigenvalue weighted by Gasteiger charge is 2.51. The lowest BCUT2D eigenvalue weighted by Crippen LogP contribution is -2.50. The Balaban J connectivity index is 1.31. The third-order valence-electron chi connectivity index (χ3n) is 6.39. The minimum atomic E-state index is -1.05. The summed E-state index contributed by atoms with van der Waals surface area (Å²) in [6.45, 7) is 2.97. The number of aliphatic carboxylic acids is 1. The number of carboxylic acid groups (broad SMARTS) is 1. The van der Waals surface area contributed by atoms with Crippen molar-refractivity contribution in [3.63, 3.8) is 0 Å². The summed E-state index contributed by atoms with van der Waals surface area (Å²) in [4.78, 5) is 22.4. The molecule has 2 N–H and O–H groups in total. The van der Waals surface area contributed by atoms with Crippen molar-refractivity contribution in [2.24, 2.45) is 5.92 Å². The van der Waals surface area contributed by atoms with E-state index in [-0.39, 0.29) is 18.8 Å². The summed E-state index contributed by atoms with van der Waals surface area (Å²) in [6.07, 6.45) is 3.77. The first-order valence-corrected chi connectivity index (χ1v) is 11.0. The molecule has 30 heavy (non-hydrogen) atoms. The quantitative estimate of drug-likeness (QED) is 0.643. The van der Waals surface area contributed by atoms with Gasteiger partial charge in [0.05, 0.1) is 0 Å². The number of rotatable bonds is 5. The average Bonchev–Trinajstić information content (AvgIpc) is 3.40. The zero-order valence-electron chi connectivity index (χ0n) is 16.6. The molecular weight excluding hydrogens is 402 g/mol. The lowest BCUT2D eigenvalue weighted by atomic mass is 9.65. The Labute approximate surface area is 178 Å². The van der Waals surface area contributed by atoms with Crippen LogP contribution in [0.25, 0.3) is 10.2 Å². The normalized spacial score (nSPS) is 25.5. The third-order valence-corrected chi connectivity index (χ3v) is 7.21. The number of nitrogens with zero attached hydrogens (tertiary/aromatic N) is 2. The number of hydrogen-bond donors (Lipinski definition) is 2. The molecular formula is C22H23N3O4S. The van der Waals surface area contributed by atoms with E-state index in [9.17, 15) is 9.90 Å². The molecule has 1 aliphatic carbocycles. The topological polar surface area (TPSA) is 93.6 Å². The summed E-state index contributed by atoms with van der Waals surface area (Å²) >= 11 is 1.52. The van der Waals surface area contributed by atoms with Crippen LogP contribution in [0, 0.1) is 5.92 Å². The van der Waals surface area contributed by atoms with Gasteiger partial charge in [0.15, 0.2) is 11.5 Å². The Morgan fingerprint density at radius 2 is 2.20 bits per heavy atom. The second kappa shape index (κ2) is 7.52. The molecule has 3 heterocycles. The molecule has 2 aromatic heterocycles. The summed E-state index contributed by atoms with van der Waals surface area (Å²) < 4.78 is 10.8. The second-order valence-electron chi connectivity index (χ2n) is 8.09. The van der Waals surface area contributed by atoms with Gasteiger partial charge in [-0.15, -0.1) is 11.3 Å². The summed E-state index contributed by atoms with van der Waals surface area (Å²) in [7, 11) is 0. The zero-order chi connectivity index (χ0) is 20.7. The van der Waals surface area contributed by atoms with Crippen molar-refractivity contribution < 1.29 is 19.4 Å². The minimum Gasteiger partial charge on any atom is -0.480 e. The largest absolute Gasteiger partial charge is 0.480 e. The van der Waals surface area contributed by atoms with Crippen molar-refractivity contribution in [2.75, 3.05) is 6.79 Å². The molecule has 3 unspecified atom stereocenters. The van der Waals surface area contributed by atoms with Crippen LogP contribution < -0.4 is 14.8 Å². The number of fused-ring (bicyclic) bond motifs is 2. The molecule has 7 nitrogen and oxygen atoms in total. The van der Waals surface area contributed by atoms with Crippen LogP contribution in [-0.4, -0.2) is 33.9 Å². The highest BCUT2D eigenvalue weighted by atomic mass is 32.1. The van der Waals surface area contributed by atoms with Crippen molar-refractivity contribution in [1.82, 2.24) is 15.3 Å². The first kappa shape index (κ1) is 19.3. The van der Waals surface area contributed by atoms with Crippen LogP contribution in [0.2, 0.25) is 0 Å². The standard InChI is InChI=1S/C22H23N3O4S/c1-13-8-16(23-10-14-2-3-17-18(9-14)29-12-28-17)4-6-22(13,21(26)27)20-24-11-15-5-7-30-19(15)25-20/h2-3,5,7,9,11,13,16,23H,4,6,8,10,12H2,1H3,(H,26,27). The number of carboxylic acids is 1. The molecule has 3 aromatic rings. The van der Waals surface area contributed by atoms with Crippen molar-refractivity contribution in [3.8, 4) is 11.5 Å². The molecule has 156 valence electrons. The van der Waals surface area contributed by atoms with Gasteiger partial charge >= 0.3 is 5.97 Å². The van der Waals surface area contributed by atoms with Crippen LogP contribution in [-0.2, 0) is 16.8 Å². The summed E-state index contributed by atoms with van der Waals surface area (Å²) in [6, 6.07) is 8.14. The molecule has 8 heteroatoms. The number of thiophene rings is 1. The van der Waals surface area contributed by atoms with Crippen molar-refractivity contribution in [2.45, 2.75) is 44.2 Å². The minimum absolute atomic E-state index is 0.0876. The summed E-state index contributed by atoms with van der Waals surface area (Å²) in [5.41, 5.74) is 0.0724. The highest BCUT2D eigenvalue weighted by molar-refractivity contribution is 7.16. The molecule has 5 rings (SSSR count). The number of nitrogens with one attached hydrogen (secondary N) is 1. The van der Waals surface area contributed by atoms with Crippen LogP contribution in [0.5, 0.6) is 11.5 Å². The molecule has 1 aromatic carbocycles. The molecule has 0 bridgehead atoms. The van der Waals surface area contributed by atoms with E-state index >= 15 is 0 Å². The molecule has 1 saturated carbocycles. The van der Waals surface area contributed by atoms with Crippen molar-refractivity contribution in [1.29, 1.82) is 0 Å². The fourth-order valence-electron chi connectivity index (χ4n) is 4.61. The number of carbonyl (C=O) groups is 1. The van der Waals surface area contributed by atoms with Gasteiger partial charge in [-0.3, -0.25) is 4.79 Å². The maximum Gasteiger partial charge on any atom is 0.317 e. The van der Waals surface area contributed by atoms with Gasteiger partial charge in [-0.1, -0.05) is 13.0 Å². The van der Waals surface area contributed by atoms with Crippen LogP contribution in [0.15, 0.2) is 35.8 Å². The number of hydrogen-bond acceptors (Lipinski definition) is 7. The van der Waals surface area contributed by atoms with Gasteiger partial charge in [-0.2, -0.15) is 0 Å². The predicted molar refractivity (Wildman–Crippen MR) is 113 cm³/mol. The molecule has 0 radical (unpaired) electrons. The SMILES string of the molecule is CC1CC(NCc2ccc3c(c2)OCO3)CCC1(C(=O)O)c1ncc2ccsc2n1. The van der Waals surface area contributed by atoms with Gasteiger partial charge in [0.1, 0.15) is 16.1 Å². The molecule has 3 atom stereocenters. The van der Waals surface area contributed by atoms with Gasteiger partial charge in [0.2, 0.25) is 6.79 Å². The smallest absolute Gasteiger partial charge is 0.317 e. The number of benzene rings is 1. The Morgan fingerprint density at radius 3 is 3.03 bits per heavy atom. The second-order valence-corrected chi connectivity index (χ2v) is 8.99. The van der Waals surface area contributed by atoms with Gasteiger partial charge < -0.3 is 19.9 Å².